The van der Waals surface area contributed by atoms with Gasteiger partial charge in [0, 0.05) is 35.9 Å². The minimum Gasteiger partial charge on any atom is -0.361 e. The van der Waals surface area contributed by atoms with Crippen LogP contribution in [0.5, 0.6) is 0 Å². The summed E-state index contributed by atoms with van der Waals surface area (Å²) in [6.45, 7) is 0. The van der Waals surface area contributed by atoms with Gasteiger partial charge in [-0.05, 0) is 41.3 Å². The first-order valence-electron chi connectivity index (χ1n) is 8.42. The van der Waals surface area contributed by atoms with Crippen molar-refractivity contribution in [2.75, 3.05) is 12.4 Å². The maximum atomic E-state index is 12.9. The Morgan fingerprint density at radius 2 is 1.96 bits per heavy atom. The Bertz CT molecular complexity index is 980. The Hall–Kier alpha value is -2.79. The van der Waals surface area contributed by atoms with Gasteiger partial charge in [-0.25, -0.2) is 0 Å². The van der Waals surface area contributed by atoms with Gasteiger partial charge in [-0.2, -0.15) is 0 Å². The van der Waals surface area contributed by atoms with Gasteiger partial charge in [0.25, 0.3) is 0 Å². The lowest BCUT2D eigenvalue weighted by Gasteiger charge is -2.25. The topological polar surface area (TPSA) is 65.2 Å². The minimum absolute atomic E-state index is 0.0371. The average molecular weight is 368 g/mol. The Balaban J connectivity index is 1.60. The molecule has 0 saturated carbocycles. The molecule has 0 radical (unpaired) electrons. The number of nitrogens with one attached hydrogen (secondary N) is 2. The predicted molar refractivity (Wildman–Crippen MR) is 102 cm³/mol. The number of hydrogen-bond donors (Lipinski definition) is 2. The Morgan fingerprint density at radius 3 is 2.73 bits per heavy atom. The number of benzene rings is 2. The Kier molecular flexibility index (Phi) is 4.17. The zero-order chi connectivity index (χ0) is 18.3. The van der Waals surface area contributed by atoms with Crippen LogP contribution in [0.2, 0.25) is 5.02 Å². The van der Waals surface area contributed by atoms with E-state index in [-0.39, 0.29) is 24.3 Å². The van der Waals surface area contributed by atoms with Crippen LogP contribution in [0.25, 0.3) is 10.9 Å². The predicted octanol–water partition coefficient (Wildman–Crippen LogP) is 3.98. The van der Waals surface area contributed by atoms with Gasteiger partial charge in [0.2, 0.25) is 11.8 Å². The molecule has 2 amide bonds. The van der Waals surface area contributed by atoms with Crippen molar-refractivity contribution in [1.82, 2.24) is 9.88 Å². The highest BCUT2D eigenvalue weighted by atomic mass is 35.5. The minimum atomic E-state index is -0.451. The number of aromatic nitrogens is 1. The molecule has 2 heterocycles. The summed E-state index contributed by atoms with van der Waals surface area (Å²) in [5, 5.41) is 4.66. The van der Waals surface area contributed by atoms with Crippen molar-refractivity contribution in [3.8, 4) is 0 Å². The second-order valence-electron chi connectivity index (χ2n) is 6.58. The number of nitrogens with zero attached hydrogens (tertiary/aromatic N) is 1. The third-order valence-electron chi connectivity index (χ3n) is 4.96. The SMILES string of the molecule is CN1C(=O)C[C@@H](C(=O)Nc2ccc3cc[nH]c3c2)[C@@H]1c1ccc(Cl)cc1. The summed E-state index contributed by atoms with van der Waals surface area (Å²) >= 11 is 5.97. The molecule has 132 valence electrons. The highest BCUT2D eigenvalue weighted by molar-refractivity contribution is 6.30. The van der Waals surface area contributed by atoms with Crippen LogP contribution >= 0.6 is 11.6 Å². The standard InChI is InChI=1S/C20H18ClN3O2/c1-24-18(25)11-16(19(24)13-2-5-14(21)6-3-13)20(26)23-15-7-4-12-8-9-22-17(12)10-15/h2-10,16,19,22H,11H2,1H3,(H,23,26)/t16-,19+/m1/s1. The van der Waals surface area contributed by atoms with Gasteiger partial charge in [-0.3, -0.25) is 9.59 Å². The largest absolute Gasteiger partial charge is 0.361 e. The van der Waals surface area contributed by atoms with Crippen molar-refractivity contribution in [2.24, 2.45) is 5.92 Å². The van der Waals surface area contributed by atoms with Gasteiger partial charge >= 0.3 is 0 Å². The smallest absolute Gasteiger partial charge is 0.230 e. The Labute approximate surface area is 155 Å². The fraction of sp³-hybridized carbons (Fsp3) is 0.200. The number of carbonyl (C=O) groups is 2. The molecule has 0 bridgehead atoms. The summed E-state index contributed by atoms with van der Waals surface area (Å²) in [5.74, 6) is -0.647. The van der Waals surface area contributed by atoms with Crippen LogP contribution in [-0.2, 0) is 9.59 Å². The molecule has 5 nitrogen and oxygen atoms in total. The van der Waals surface area contributed by atoms with Crippen molar-refractivity contribution in [2.45, 2.75) is 12.5 Å². The summed E-state index contributed by atoms with van der Waals surface area (Å²) in [5.41, 5.74) is 2.57. The van der Waals surface area contributed by atoms with E-state index in [0.717, 1.165) is 16.5 Å². The van der Waals surface area contributed by atoms with Gasteiger partial charge in [-0.15, -0.1) is 0 Å². The summed E-state index contributed by atoms with van der Waals surface area (Å²) in [6, 6.07) is 14.7. The highest BCUT2D eigenvalue weighted by Crippen LogP contribution is 2.38. The number of amides is 2. The van der Waals surface area contributed by atoms with Crippen LogP contribution in [0.15, 0.2) is 54.7 Å². The first-order chi connectivity index (χ1) is 12.5. The van der Waals surface area contributed by atoms with Crippen molar-refractivity contribution in [3.05, 3.63) is 65.3 Å². The van der Waals surface area contributed by atoms with E-state index >= 15 is 0 Å². The highest BCUT2D eigenvalue weighted by Gasteiger charge is 2.42. The molecule has 2 aromatic carbocycles. The fourth-order valence-corrected chi connectivity index (χ4v) is 3.71. The molecule has 1 aromatic heterocycles. The number of fused-ring (bicyclic) bond motifs is 1. The summed E-state index contributed by atoms with van der Waals surface area (Å²) < 4.78 is 0. The van der Waals surface area contributed by atoms with Crippen molar-refractivity contribution in [3.63, 3.8) is 0 Å². The number of rotatable bonds is 3. The molecule has 2 N–H and O–H groups in total. The number of halogens is 1. The molecule has 6 heteroatoms. The number of anilines is 1. The second-order valence-corrected chi connectivity index (χ2v) is 7.02. The van der Waals surface area contributed by atoms with Crippen molar-refractivity contribution < 1.29 is 9.59 Å². The van der Waals surface area contributed by atoms with Gasteiger partial charge in [0.15, 0.2) is 0 Å². The molecule has 3 aromatic rings. The second kappa shape index (κ2) is 6.50. The third kappa shape index (κ3) is 2.95. The number of likely N-dealkylation sites (tertiary alicyclic amines) is 1. The lowest BCUT2D eigenvalue weighted by molar-refractivity contribution is -0.127. The molecule has 1 fully saturated rings. The van der Waals surface area contributed by atoms with Crippen LogP contribution < -0.4 is 5.32 Å². The molecule has 26 heavy (non-hydrogen) atoms. The maximum absolute atomic E-state index is 12.9. The average Bonchev–Trinajstić information content (AvgIpc) is 3.20. The van der Waals surface area contributed by atoms with E-state index in [2.05, 4.69) is 10.3 Å². The lowest BCUT2D eigenvalue weighted by Crippen LogP contribution is -2.30. The quantitative estimate of drug-likeness (QED) is 0.735. The summed E-state index contributed by atoms with van der Waals surface area (Å²) in [6.07, 6.45) is 2.05. The van der Waals surface area contributed by atoms with Crippen LogP contribution in [0.1, 0.15) is 18.0 Å². The third-order valence-corrected chi connectivity index (χ3v) is 5.21. The van der Waals surface area contributed by atoms with E-state index in [1.165, 1.54) is 0 Å². The molecular weight excluding hydrogens is 350 g/mol. The van der Waals surface area contributed by atoms with E-state index in [4.69, 9.17) is 11.6 Å². The first-order valence-corrected chi connectivity index (χ1v) is 8.80. The number of carbonyl (C=O) groups excluding carboxylic acids is 2. The first kappa shape index (κ1) is 16.7. The van der Waals surface area contributed by atoms with E-state index in [1.54, 1.807) is 24.1 Å². The number of hydrogen-bond acceptors (Lipinski definition) is 2. The molecule has 1 aliphatic rings. The lowest BCUT2D eigenvalue weighted by atomic mass is 9.93. The van der Waals surface area contributed by atoms with E-state index in [0.29, 0.717) is 10.7 Å². The van der Waals surface area contributed by atoms with Crippen LogP contribution in [0, 0.1) is 5.92 Å². The molecule has 1 saturated heterocycles. The fourth-order valence-electron chi connectivity index (χ4n) is 3.58. The van der Waals surface area contributed by atoms with Gasteiger partial charge in [-0.1, -0.05) is 29.8 Å². The van der Waals surface area contributed by atoms with Crippen molar-refractivity contribution >= 4 is 40.0 Å². The molecular formula is C20H18ClN3O2. The summed E-state index contributed by atoms with van der Waals surface area (Å²) in [4.78, 5) is 29.9. The van der Waals surface area contributed by atoms with Crippen LogP contribution in [-0.4, -0.2) is 28.7 Å². The molecule has 1 aliphatic heterocycles. The number of aromatic amines is 1. The summed E-state index contributed by atoms with van der Waals surface area (Å²) in [7, 11) is 1.74. The monoisotopic (exact) mass is 367 g/mol. The molecule has 0 aliphatic carbocycles. The maximum Gasteiger partial charge on any atom is 0.230 e. The van der Waals surface area contributed by atoms with Crippen LogP contribution in [0.4, 0.5) is 5.69 Å². The Morgan fingerprint density at radius 1 is 1.19 bits per heavy atom. The molecule has 0 spiro atoms. The zero-order valence-corrected chi connectivity index (χ0v) is 15.0. The van der Waals surface area contributed by atoms with Crippen LogP contribution in [0.3, 0.4) is 0 Å². The van der Waals surface area contributed by atoms with E-state index in [9.17, 15) is 9.59 Å². The van der Waals surface area contributed by atoms with Gasteiger partial charge in [0.1, 0.15) is 0 Å². The van der Waals surface area contributed by atoms with E-state index < -0.39 is 5.92 Å². The van der Waals surface area contributed by atoms with Crippen molar-refractivity contribution in [1.29, 1.82) is 0 Å². The molecule has 0 unspecified atom stereocenters. The number of H-pyrrole nitrogens is 1. The van der Waals surface area contributed by atoms with E-state index in [1.807, 2.05) is 42.6 Å². The molecule has 4 rings (SSSR count). The molecule has 2 atom stereocenters. The zero-order valence-electron chi connectivity index (χ0n) is 14.2. The normalized spacial score (nSPS) is 19.9. The van der Waals surface area contributed by atoms with Gasteiger partial charge in [0.05, 0.1) is 12.0 Å². The van der Waals surface area contributed by atoms with Gasteiger partial charge < -0.3 is 15.2 Å².